The highest BCUT2D eigenvalue weighted by molar-refractivity contribution is 6.32. The van der Waals surface area contributed by atoms with Crippen molar-refractivity contribution in [3.8, 4) is 5.75 Å². The Balaban J connectivity index is 1.90. The van der Waals surface area contributed by atoms with Gasteiger partial charge in [0.1, 0.15) is 16.5 Å². The molecule has 30 heavy (non-hydrogen) atoms. The van der Waals surface area contributed by atoms with Gasteiger partial charge in [0, 0.05) is 12.6 Å². The van der Waals surface area contributed by atoms with E-state index in [-0.39, 0.29) is 10.7 Å². The van der Waals surface area contributed by atoms with E-state index in [0.29, 0.717) is 29.3 Å². The molecule has 0 aliphatic heterocycles. The Morgan fingerprint density at radius 1 is 1.13 bits per heavy atom. The number of para-hydroxylation sites is 2. The molecule has 1 heterocycles. The Kier molecular flexibility index (Phi) is 6.74. The molecule has 1 N–H and O–H groups in total. The fourth-order valence-corrected chi connectivity index (χ4v) is 3.23. The topological polar surface area (TPSA) is 82.4 Å². The smallest absolute Gasteiger partial charge is 0.344 e. The van der Waals surface area contributed by atoms with Gasteiger partial charge >= 0.3 is 5.97 Å². The SMILES string of the molecule is CCOc1ccccc1NC(=O)C(OC(=O)c1c(C)nn(C)c1Cl)c1ccccc1. The highest BCUT2D eigenvalue weighted by Crippen LogP contribution is 2.28. The lowest BCUT2D eigenvalue weighted by Crippen LogP contribution is -2.26. The number of carbonyl (C=O) groups excluding carboxylic acids is 2. The average Bonchev–Trinajstić information content (AvgIpc) is 2.99. The Morgan fingerprint density at radius 2 is 1.80 bits per heavy atom. The van der Waals surface area contributed by atoms with E-state index in [2.05, 4.69) is 10.4 Å². The van der Waals surface area contributed by atoms with Crippen molar-refractivity contribution in [1.82, 2.24) is 9.78 Å². The number of esters is 1. The van der Waals surface area contributed by atoms with Gasteiger partial charge in [0.15, 0.2) is 0 Å². The van der Waals surface area contributed by atoms with Crippen molar-refractivity contribution in [3.63, 3.8) is 0 Å². The fourth-order valence-electron chi connectivity index (χ4n) is 2.98. The summed E-state index contributed by atoms with van der Waals surface area (Å²) in [6, 6.07) is 15.8. The summed E-state index contributed by atoms with van der Waals surface area (Å²) >= 11 is 6.19. The molecule has 0 fully saturated rings. The third-order valence-corrected chi connectivity index (χ3v) is 4.80. The molecular formula is C22H22ClN3O4. The molecular weight excluding hydrogens is 406 g/mol. The summed E-state index contributed by atoms with van der Waals surface area (Å²) < 4.78 is 12.5. The maximum absolute atomic E-state index is 13.1. The zero-order valence-electron chi connectivity index (χ0n) is 16.9. The molecule has 0 radical (unpaired) electrons. The summed E-state index contributed by atoms with van der Waals surface area (Å²) in [6.07, 6.45) is -1.19. The number of ether oxygens (including phenoxy) is 2. The lowest BCUT2D eigenvalue weighted by molar-refractivity contribution is -0.125. The standard InChI is InChI=1S/C22H22ClN3O4/c1-4-29-17-13-9-8-12-16(17)24-21(27)19(15-10-6-5-7-11-15)30-22(28)18-14(2)25-26(3)20(18)23/h5-13,19H,4H2,1-3H3,(H,24,27). The van der Waals surface area contributed by atoms with Gasteiger partial charge in [0.25, 0.3) is 5.91 Å². The van der Waals surface area contributed by atoms with Crippen LogP contribution in [0.3, 0.4) is 0 Å². The van der Waals surface area contributed by atoms with Crippen molar-refractivity contribution in [2.75, 3.05) is 11.9 Å². The summed E-state index contributed by atoms with van der Waals surface area (Å²) in [6.45, 7) is 3.95. The van der Waals surface area contributed by atoms with Gasteiger partial charge in [-0.1, -0.05) is 54.1 Å². The van der Waals surface area contributed by atoms with Crippen molar-refractivity contribution < 1.29 is 19.1 Å². The van der Waals surface area contributed by atoms with Crippen molar-refractivity contribution in [2.45, 2.75) is 20.0 Å². The van der Waals surface area contributed by atoms with E-state index >= 15 is 0 Å². The van der Waals surface area contributed by atoms with Crippen LogP contribution in [-0.4, -0.2) is 28.3 Å². The average molecular weight is 428 g/mol. The first-order valence-electron chi connectivity index (χ1n) is 9.40. The number of carbonyl (C=O) groups is 2. The van der Waals surface area contributed by atoms with E-state index in [1.807, 2.05) is 19.1 Å². The number of nitrogens with one attached hydrogen (secondary N) is 1. The van der Waals surface area contributed by atoms with Gasteiger partial charge in [-0.3, -0.25) is 9.48 Å². The number of benzene rings is 2. The predicted molar refractivity (Wildman–Crippen MR) is 114 cm³/mol. The molecule has 7 nitrogen and oxygen atoms in total. The van der Waals surface area contributed by atoms with E-state index in [4.69, 9.17) is 21.1 Å². The zero-order chi connectivity index (χ0) is 21.7. The molecule has 0 saturated heterocycles. The molecule has 1 atom stereocenters. The number of nitrogens with zero attached hydrogens (tertiary/aromatic N) is 2. The van der Waals surface area contributed by atoms with E-state index in [1.165, 1.54) is 4.68 Å². The second-order valence-electron chi connectivity index (χ2n) is 6.49. The maximum Gasteiger partial charge on any atom is 0.344 e. The van der Waals surface area contributed by atoms with Crippen LogP contribution in [0.2, 0.25) is 5.15 Å². The van der Waals surface area contributed by atoms with Crippen LogP contribution in [0.15, 0.2) is 54.6 Å². The molecule has 0 spiro atoms. The van der Waals surface area contributed by atoms with E-state index in [1.54, 1.807) is 56.4 Å². The van der Waals surface area contributed by atoms with Crippen LogP contribution in [0.1, 0.15) is 34.6 Å². The Hall–Kier alpha value is -3.32. The first-order chi connectivity index (χ1) is 14.4. The summed E-state index contributed by atoms with van der Waals surface area (Å²) in [4.78, 5) is 26.0. The van der Waals surface area contributed by atoms with Crippen molar-refractivity contribution in [2.24, 2.45) is 7.05 Å². The minimum absolute atomic E-state index is 0.127. The quantitative estimate of drug-likeness (QED) is 0.568. The molecule has 3 rings (SSSR count). The number of aromatic nitrogens is 2. The minimum Gasteiger partial charge on any atom is -0.492 e. The van der Waals surface area contributed by atoms with Crippen molar-refractivity contribution in [1.29, 1.82) is 0 Å². The number of amides is 1. The Bertz CT molecular complexity index is 1050. The summed E-state index contributed by atoms with van der Waals surface area (Å²) in [5, 5.41) is 7.06. The molecule has 8 heteroatoms. The molecule has 0 saturated carbocycles. The van der Waals surface area contributed by atoms with Gasteiger partial charge in [-0.15, -0.1) is 0 Å². The molecule has 2 aromatic carbocycles. The first-order valence-corrected chi connectivity index (χ1v) is 9.77. The normalized spacial score (nSPS) is 11.6. The maximum atomic E-state index is 13.1. The lowest BCUT2D eigenvalue weighted by Gasteiger charge is -2.19. The van der Waals surface area contributed by atoms with Gasteiger partial charge < -0.3 is 14.8 Å². The van der Waals surface area contributed by atoms with Crippen molar-refractivity contribution in [3.05, 3.63) is 76.6 Å². The molecule has 156 valence electrons. The molecule has 3 aromatic rings. The summed E-state index contributed by atoms with van der Waals surface area (Å²) in [5.41, 5.74) is 1.55. The van der Waals surface area contributed by atoms with Crippen LogP contribution in [0.5, 0.6) is 5.75 Å². The zero-order valence-corrected chi connectivity index (χ0v) is 17.6. The van der Waals surface area contributed by atoms with Gasteiger partial charge in [-0.2, -0.15) is 5.10 Å². The second kappa shape index (κ2) is 9.45. The first kappa shape index (κ1) is 21.4. The number of hydrogen-bond donors (Lipinski definition) is 1. The third-order valence-electron chi connectivity index (χ3n) is 4.37. The highest BCUT2D eigenvalue weighted by Gasteiger charge is 2.29. The van der Waals surface area contributed by atoms with Crippen LogP contribution in [-0.2, 0) is 16.6 Å². The summed E-state index contributed by atoms with van der Waals surface area (Å²) in [7, 11) is 1.62. The Morgan fingerprint density at radius 3 is 2.43 bits per heavy atom. The molecule has 0 aliphatic carbocycles. The third kappa shape index (κ3) is 4.63. The number of rotatable bonds is 7. The Labute approximate surface area is 179 Å². The molecule has 1 unspecified atom stereocenters. The minimum atomic E-state index is -1.19. The van der Waals surface area contributed by atoms with Crippen LogP contribution in [0.25, 0.3) is 0 Å². The van der Waals surface area contributed by atoms with Gasteiger partial charge in [0.05, 0.1) is 18.0 Å². The lowest BCUT2D eigenvalue weighted by atomic mass is 10.1. The number of hydrogen-bond acceptors (Lipinski definition) is 5. The van der Waals surface area contributed by atoms with Crippen LogP contribution in [0.4, 0.5) is 5.69 Å². The molecule has 1 amide bonds. The monoisotopic (exact) mass is 427 g/mol. The number of anilines is 1. The summed E-state index contributed by atoms with van der Waals surface area (Å²) in [5.74, 6) is -0.718. The van der Waals surface area contributed by atoms with Gasteiger partial charge in [-0.05, 0) is 26.0 Å². The molecule has 1 aromatic heterocycles. The molecule has 0 aliphatic rings. The van der Waals surface area contributed by atoms with Crippen LogP contribution < -0.4 is 10.1 Å². The van der Waals surface area contributed by atoms with E-state index in [9.17, 15) is 9.59 Å². The van der Waals surface area contributed by atoms with E-state index < -0.39 is 18.0 Å². The van der Waals surface area contributed by atoms with Crippen molar-refractivity contribution >= 4 is 29.2 Å². The highest BCUT2D eigenvalue weighted by atomic mass is 35.5. The van der Waals surface area contributed by atoms with E-state index in [0.717, 1.165) is 0 Å². The number of aryl methyl sites for hydroxylation is 2. The number of halogens is 1. The van der Waals surface area contributed by atoms with Crippen LogP contribution in [0, 0.1) is 6.92 Å². The molecule has 0 bridgehead atoms. The largest absolute Gasteiger partial charge is 0.492 e. The second-order valence-corrected chi connectivity index (χ2v) is 6.85. The van der Waals surface area contributed by atoms with Crippen LogP contribution >= 0.6 is 11.6 Å². The van der Waals surface area contributed by atoms with Gasteiger partial charge in [0.2, 0.25) is 6.10 Å². The fraction of sp³-hybridized carbons (Fsp3) is 0.227. The predicted octanol–water partition coefficient (Wildman–Crippen LogP) is 4.32. The van der Waals surface area contributed by atoms with Gasteiger partial charge in [-0.25, -0.2) is 4.79 Å².